The highest BCUT2D eigenvalue weighted by Crippen LogP contribution is 2.30. The molecule has 7 nitrogen and oxygen atoms in total. The number of likely N-dealkylation sites (tertiary alicyclic amines) is 1. The van der Waals surface area contributed by atoms with E-state index in [-0.39, 0.29) is 17.6 Å². The van der Waals surface area contributed by atoms with E-state index in [1.165, 1.54) is 6.07 Å². The molecule has 0 aliphatic carbocycles. The molecule has 0 atom stereocenters. The number of anilines is 2. The van der Waals surface area contributed by atoms with Crippen molar-refractivity contribution in [1.82, 2.24) is 14.5 Å². The molecule has 1 aromatic heterocycles. The zero-order chi connectivity index (χ0) is 28.3. The van der Waals surface area contributed by atoms with Crippen molar-refractivity contribution in [1.29, 1.82) is 0 Å². The molecule has 2 fully saturated rings. The molecule has 0 radical (unpaired) electrons. The molecule has 1 amide bonds. The highest BCUT2D eigenvalue weighted by Gasteiger charge is 2.31. The van der Waals surface area contributed by atoms with Gasteiger partial charge in [0.2, 0.25) is 5.91 Å². The number of aryl methyl sites for hydroxylation is 1. The van der Waals surface area contributed by atoms with Crippen molar-refractivity contribution in [3.63, 3.8) is 0 Å². The predicted octanol–water partition coefficient (Wildman–Crippen LogP) is 5.65. The topological polar surface area (TPSA) is 53.8 Å². The number of carbonyl (C=O) groups is 1. The Morgan fingerprint density at radius 1 is 1.02 bits per heavy atom. The fourth-order valence-corrected chi connectivity index (χ4v) is 6.01. The van der Waals surface area contributed by atoms with Crippen molar-refractivity contribution < 1.29 is 13.9 Å². The highest BCUT2D eigenvalue weighted by atomic mass is 35.5. The van der Waals surface area contributed by atoms with Crippen molar-refractivity contribution in [2.45, 2.75) is 25.9 Å². The average Bonchev–Trinajstić information content (AvgIpc) is 3.32. The van der Waals surface area contributed by atoms with Gasteiger partial charge in [-0.05, 0) is 74.0 Å². The fourth-order valence-electron chi connectivity index (χ4n) is 5.89. The van der Waals surface area contributed by atoms with Crippen molar-refractivity contribution in [2.24, 2.45) is 13.0 Å². The molecule has 3 heterocycles. The lowest BCUT2D eigenvalue weighted by Gasteiger charge is -2.34. The van der Waals surface area contributed by atoms with E-state index in [4.69, 9.17) is 21.3 Å². The van der Waals surface area contributed by atoms with Crippen molar-refractivity contribution in [2.75, 3.05) is 49.2 Å². The maximum absolute atomic E-state index is 15.4. The number of amides is 1. The number of aromatic nitrogens is 2. The largest absolute Gasteiger partial charge is 0.378 e. The number of nitrogens with zero attached hydrogens (tertiary/aromatic N) is 5. The predicted molar refractivity (Wildman–Crippen MR) is 161 cm³/mol. The van der Waals surface area contributed by atoms with Crippen LogP contribution in [0.1, 0.15) is 24.2 Å². The zero-order valence-electron chi connectivity index (χ0n) is 23.3. The number of carbonyl (C=O) groups excluding carboxylic acids is 1. The minimum absolute atomic E-state index is 0.0286. The van der Waals surface area contributed by atoms with Crippen molar-refractivity contribution in [3.8, 4) is 0 Å². The van der Waals surface area contributed by atoms with E-state index in [2.05, 4.69) is 22.6 Å². The van der Waals surface area contributed by atoms with E-state index in [1.54, 1.807) is 11.0 Å². The van der Waals surface area contributed by atoms with Gasteiger partial charge in [-0.1, -0.05) is 35.9 Å². The van der Waals surface area contributed by atoms with Crippen molar-refractivity contribution in [3.05, 3.63) is 89.0 Å². The zero-order valence-corrected chi connectivity index (χ0v) is 24.1. The molecular weight excluding hydrogens is 541 g/mol. The second kappa shape index (κ2) is 12.2. The number of benzene rings is 3. The summed E-state index contributed by atoms with van der Waals surface area (Å²) in [6.45, 7) is 5.17. The number of imidazole rings is 1. The summed E-state index contributed by atoms with van der Waals surface area (Å²) in [5.74, 6) is 0.591. The van der Waals surface area contributed by atoms with Gasteiger partial charge in [0.25, 0.3) is 0 Å². The molecule has 2 aliphatic heterocycles. The Bertz CT molecular complexity index is 1510. The number of rotatable bonds is 7. The number of piperidine rings is 1. The Labute approximate surface area is 245 Å². The highest BCUT2D eigenvalue weighted by molar-refractivity contribution is 6.30. The first-order chi connectivity index (χ1) is 20.0. The van der Waals surface area contributed by atoms with Crippen LogP contribution in [0.2, 0.25) is 5.02 Å². The SMILES string of the molecule is Cn1c(CN2CCC(C(=O)N(Cc3ccc(Cl)cc3)c3ccc(N4CCOCC4)c(F)c3)CC2)nc2ccccc21. The summed E-state index contributed by atoms with van der Waals surface area (Å²) in [7, 11) is 2.05. The Morgan fingerprint density at radius 3 is 2.46 bits per heavy atom. The van der Waals surface area contributed by atoms with E-state index in [1.807, 2.05) is 53.4 Å². The van der Waals surface area contributed by atoms with Gasteiger partial charge in [-0.2, -0.15) is 0 Å². The number of morpholine rings is 1. The summed E-state index contributed by atoms with van der Waals surface area (Å²) in [5.41, 5.74) is 4.18. The standard InChI is InChI=1S/C32H35ClFN5O2/c1-36-30-5-3-2-4-28(30)35-31(36)22-37-14-12-24(13-15-37)32(40)39(21-23-6-8-25(33)9-7-23)26-10-11-29(27(34)20-26)38-16-18-41-19-17-38/h2-11,20,24H,12-19,21-22H2,1H3. The van der Waals surface area contributed by atoms with Crippen LogP contribution in [0.5, 0.6) is 0 Å². The number of fused-ring (bicyclic) bond motifs is 1. The molecule has 9 heteroatoms. The minimum Gasteiger partial charge on any atom is -0.378 e. The summed E-state index contributed by atoms with van der Waals surface area (Å²) in [6.07, 6.45) is 1.49. The average molecular weight is 576 g/mol. The lowest BCUT2D eigenvalue weighted by Crippen LogP contribution is -2.42. The van der Waals surface area contributed by atoms with Gasteiger partial charge in [-0.3, -0.25) is 9.69 Å². The minimum atomic E-state index is -0.324. The summed E-state index contributed by atoms with van der Waals surface area (Å²) in [6, 6.07) is 20.8. The molecule has 0 N–H and O–H groups in total. The molecule has 6 rings (SSSR count). The van der Waals surface area contributed by atoms with Gasteiger partial charge < -0.3 is 19.1 Å². The third-order valence-electron chi connectivity index (χ3n) is 8.30. The molecule has 2 saturated heterocycles. The molecule has 214 valence electrons. The van der Waals surface area contributed by atoms with Crippen LogP contribution in [0.15, 0.2) is 66.7 Å². The second-order valence-electron chi connectivity index (χ2n) is 10.9. The number of halogens is 2. The van der Waals surface area contributed by atoms with Crippen LogP contribution in [0.4, 0.5) is 15.8 Å². The molecule has 41 heavy (non-hydrogen) atoms. The fraction of sp³-hybridized carbons (Fsp3) is 0.375. The summed E-state index contributed by atoms with van der Waals surface area (Å²) < 4.78 is 23.0. The molecule has 0 spiro atoms. The van der Waals surface area contributed by atoms with Crippen LogP contribution in [0.25, 0.3) is 11.0 Å². The molecule has 0 saturated carbocycles. The van der Waals surface area contributed by atoms with Gasteiger partial charge in [0.15, 0.2) is 0 Å². The van der Waals surface area contributed by atoms with Gasteiger partial charge in [-0.25, -0.2) is 9.37 Å². The number of hydrogen-bond acceptors (Lipinski definition) is 5. The Morgan fingerprint density at radius 2 is 1.76 bits per heavy atom. The second-order valence-corrected chi connectivity index (χ2v) is 11.3. The van der Waals surface area contributed by atoms with Gasteiger partial charge in [0, 0.05) is 36.8 Å². The lowest BCUT2D eigenvalue weighted by molar-refractivity contribution is -0.124. The van der Waals surface area contributed by atoms with Crippen LogP contribution in [0, 0.1) is 11.7 Å². The van der Waals surface area contributed by atoms with Crippen LogP contribution < -0.4 is 9.80 Å². The number of para-hydroxylation sites is 2. The summed E-state index contributed by atoms with van der Waals surface area (Å²) in [4.78, 5) is 24.9. The first-order valence-corrected chi connectivity index (χ1v) is 14.6. The monoisotopic (exact) mass is 575 g/mol. The Balaban J connectivity index is 1.18. The quantitative estimate of drug-likeness (QED) is 0.285. The van der Waals surface area contributed by atoms with Gasteiger partial charge in [0.1, 0.15) is 11.6 Å². The van der Waals surface area contributed by atoms with E-state index < -0.39 is 0 Å². The summed E-state index contributed by atoms with van der Waals surface area (Å²) >= 11 is 6.11. The number of hydrogen-bond donors (Lipinski definition) is 0. The maximum atomic E-state index is 15.4. The van der Waals surface area contributed by atoms with Crippen LogP contribution in [-0.4, -0.2) is 59.8 Å². The third-order valence-corrected chi connectivity index (χ3v) is 8.55. The Kier molecular flexibility index (Phi) is 8.23. The van der Waals surface area contributed by atoms with E-state index in [0.717, 1.165) is 54.9 Å². The molecular formula is C32H35ClFN5O2. The normalized spacial score (nSPS) is 16.8. The number of ether oxygens (including phenoxy) is 1. The summed E-state index contributed by atoms with van der Waals surface area (Å²) in [5, 5.41) is 0.639. The van der Waals surface area contributed by atoms with Crippen molar-refractivity contribution >= 4 is 39.9 Å². The van der Waals surface area contributed by atoms with Gasteiger partial charge >= 0.3 is 0 Å². The van der Waals surface area contributed by atoms with E-state index >= 15 is 4.39 Å². The first-order valence-electron chi connectivity index (χ1n) is 14.3. The first kappa shape index (κ1) is 27.7. The van der Waals surface area contributed by atoms with Gasteiger partial charge in [-0.15, -0.1) is 0 Å². The van der Waals surface area contributed by atoms with Crippen LogP contribution in [-0.2, 0) is 29.7 Å². The van der Waals surface area contributed by atoms with Crippen LogP contribution in [0.3, 0.4) is 0 Å². The molecule has 4 aromatic rings. The van der Waals surface area contributed by atoms with Crippen LogP contribution >= 0.6 is 11.6 Å². The maximum Gasteiger partial charge on any atom is 0.230 e. The molecule has 0 bridgehead atoms. The van der Waals surface area contributed by atoms with Gasteiger partial charge in [0.05, 0.1) is 43.0 Å². The Hall–Kier alpha value is -3.46. The lowest BCUT2D eigenvalue weighted by atomic mass is 9.94. The molecule has 3 aromatic carbocycles. The molecule has 2 aliphatic rings. The smallest absolute Gasteiger partial charge is 0.230 e. The van der Waals surface area contributed by atoms with E-state index in [0.29, 0.717) is 49.2 Å². The van der Waals surface area contributed by atoms with E-state index in [9.17, 15) is 4.79 Å². The molecule has 0 unspecified atom stereocenters. The third kappa shape index (κ3) is 6.10.